The van der Waals surface area contributed by atoms with Gasteiger partial charge < -0.3 is 19.9 Å². The maximum absolute atomic E-state index is 13.1. The first-order chi connectivity index (χ1) is 17.5. The van der Waals surface area contributed by atoms with Gasteiger partial charge in [-0.2, -0.15) is 0 Å². The third kappa shape index (κ3) is 4.49. The molecule has 186 valence electrons. The van der Waals surface area contributed by atoms with Gasteiger partial charge in [-0.25, -0.2) is 14.8 Å². The third-order valence-electron chi connectivity index (χ3n) is 6.77. The van der Waals surface area contributed by atoms with Crippen LogP contribution >= 0.6 is 0 Å². The minimum absolute atomic E-state index is 0.0310. The van der Waals surface area contributed by atoms with E-state index in [2.05, 4.69) is 25.2 Å². The summed E-state index contributed by atoms with van der Waals surface area (Å²) < 4.78 is 7.12. The lowest BCUT2D eigenvalue weighted by Gasteiger charge is -2.27. The second-order valence-electron chi connectivity index (χ2n) is 9.10. The summed E-state index contributed by atoms with van der Waals surface area (Å²) in [6, 6.07) is 11.2. The van der Waals surface area contributed by atoms with E-state index in [1.54, 1.807) is 23.0 Å². The normalized spacial score (nSPS) is 14.7. The fraction of sp³-hybridized carbons (Fsp3) is 0.333. The van der Waals surface area contributed by atoms with Gasteiger partial charge in [0, 0.05) is 48.3 Å². The van der Waals surface area contributed by atoms with Crippen LogP contribution in [0.5, 0.6) is 0 Å². The third-order valence-corrected chi connectivity index (χ3v) is 6.77. The van der Waals surface area contributed by atoms with Gasteiger partial charge in [-0.15, -0.1) is 0 Å². The number of aryl methyl sites for hydroxylation is 1. The van der Waals surface area contributed by atoms with Crippen LogP contribution in [0.2, 0.25) is 0 Å². The van der Waals surface area contributed by atoms with E-state index in [9.17, 15) is 9.59 Å². The van der Waals surface area contributed by atoms with Crippen LogP contribution in [0.1, 0.15) is 42.2 Å². The number of hydrogen-bond acceptors (Lipinski definition) is 6. The number of aromatic amines is 1. The maximum atomic E-state index is 13.1. The SMILES string of the molecule is CCC(C)n1c(=O)[nH]c2c(-c3cc(NC(=O)c4ccnc(N5CCOCC5)c4)ccc3C)ccnc21. The Labute approximate surface area is 209 Å². The van der Waals surface area contributed by atoms with Gasteiger partial charge >= 0.3 is 5.69 Å². The fourth-order valence-electron chi connectivity index (χ4n) is 4.55. The number of H-pyrrole nitrogens is 1. The molecule has 0 radical (unpaired) electrons. The molecule has 1 amide bonds. The Balaban J connectivity index is 1.46. The summed E-state index contributed by atoms with van der Waals surface area (Å²) in [5.74, 6) is 0.558. The average Bonchev–Trinajstić information content (AvgIpc) is 3.25. The zero-order valence-electron chi connectivity index (χ0n) is 20.7. The highest BCUT2D eigenvalue weighted by Gasteiger charge is 2.18. The molecule has 1 unspecified atom stereocenters. The minimum atomic E-state index is -0.210. The van der Waals surface area contributed by atoms with Crippen LogP contribution in [-0.4, -0.2) is 51.7 Å². The summed E-state index contributed by atoms with van der Waals surface area (Å²) in [6.45, 7) is 8.86. The second kappa shape index (κ2) is 9.94. The summed E-state index contributed by atoms with van der Waals surface area (Å²) in [5, 5.41) is 3.02. The smallest absolute Gasteiger partial charge is 0.327 e. The standard InChI is InChI=1S/C27H30N6O3/c1-4-18(3)33-25-24(31-27(33)35)21(8-10-29-25)22-16-20(6-5-17(22)2)30-26(34)19-7-9-28-23(15-19)32-11-13-36-14-12-32/h5-10,15-16,18H,4,11-14H2,1-3H3,(H,30,34)(H,31,35). The molecule has 1 aromatic carbocycles. The van der Waals surface area contributed by atoms with Gasteiger partial charge in [0.05, 0.1) is 18.7 Å². The van der Waals surface area contributed by atoms with E-state index in [4.69, 9.17) is 4.74 Å². The zero-order chi connectivity index (χ0) is 25.2. The molecule has 4 heterocycles. The molecular weight excluding hydrogens is 456 g/mol. The number of hydrogen-bond donors (Lipinski definition) is 2. The Morgan fingerprint density at radius 3 is 2.67 bits per heavy atom. The van der Waals surface area contributed by atoms with Crippen LogP contribution in [0.3, 0.4) is 0 Å². The first-order valence-electron chi connectivity index (χ1n) is 12.3. The number of morpholine rings is 1. The van der Waals surface area contributed by atoms with Crippen LogP contribution in [0, 0.1) is 6.92 Å². The number of benzene rings is 1. The first kappa shape index (κ1) is 23.7. The number of anilines is 2. The number of carbonyl (C=O) groups excluding carboxylic acids is 1. The fourth-order valence-corrected chi connectivity index (χ4v) is 4.55. The molecule has 0 aliphatic carbocycles. The van der Waals surface area contributed by atoms with Crippen LogP contribution < -0.4 is 15.9 Å². The van der Waals surface area contributed by atoms with Gasteiger partial charge in [-0.1, -0.05) is 13.0 Å². The quantitative estimate of drug-likeness (QED) is 0.424. The average molecular weight is 487 g/mol. The number of amides is 1. The molecule has 1 atom stereocenters. The molecule has 0 saturated carbocycles. The minimum Gasteiger partial charge on any atom is -0.378 e. The number of nitrogens with one attached hydrogen (secondary N) is 2. The van der Waals surface area contributed by atoms with Gasteiger partial charge in [0.1, 0.15) is 5.82 Å². The summed E-state index contributed by atoms with van der Waals surface area (Å²) in [4.78, 5) is 39.9. The van der Waals surface area contributed by atoms with E-state index in [0.717, 1.165) is 42.0 Å². The molecule has 1 aliphatic heterocycles. The Morgan fingerprint density at radius 1 is 1.11 bits per heavy atom. The lowest BCUT2D eigenvalue weighted by atomic mass is 9.99. The van der Waals surface area contributed by atoms with Crippen molar-refractivity contribution in [2.45, 2.75) is 33.2 Å². The molecular formula is C27H30N6O3. The van der Waals surface area contributed by atoms with E-state index < -0.39 is 0 Å². The van der Waals surface area contributed by atoms with Crippen LogP contribution in [-0.2, 0) is 4.74 Å². The van der Waals surface area contributed by atoms with E-state index in [1.807, 2.05) is 51.1 Å². The Bertz CT molecular complexity index is 1470. The highest BCUT2D eigenvalue weighted by atomic mass is 16.5. The van der Waals surface area contributed by atoms with Crippen molar-refractivity contribution >= 4 is 28.6 Å². The molecule has 0 spiro atoms. The van der Waals surface area contributed by atoms with Crippen LogP contribution in [0.4, 0.5) is 11.5 Å². The molecule has 4 aromatic rings. The molecule has 1 saturated heterocycles. The van der Waals surface area contributed by atoms with Crippen LogP contribution in [0.15, 0.2) is 53.6 Å². The number of nitrogens with zero attached hydrogens (tertiary/aromatic N) is 4. The summed E-state index contributed by atoms with van der Waals surface area (Å²) in [7, 11) is 0. The molecule has 1 fully saturated rings. The summed E-state index contributed by atoms with van der Waals surface area (Å²) >= 11 is 0. The van der Waals surface area contributed by atoms with Gasteiger partial charge in [-0.3, -0.25) is 9.36 Å². The summed E-state index contributed by atoms with van der Waals surface area (Å²) in [6.07, 6.45) is 4.20. The van der Waals surface area contributed by atoms with Crippen molar-refractivity contribution in [3.05, 3.63) is 70.4 Å². The molecule has 3 aromatic heterocycles. The number of rotatable bonds is 6. The van der Waals surface area contributed by atoms with Gasteiger partial charge in [-0.05, 0) is 61.7 Å². The lowest BCUT2D eigenvalue weighted by Crippen LogP contribution is -2.36. The predicted octanol–water partition coefficient (Wildman–Crippen LogP) is 4.15. The first-order valence-corrected chi connectivity index (χ1v) is 12.3. The van der Waals surface area contributed by atoms with Crippen molar-refractivity contribution in [1.82, 2.24) is 19.5 Å². The van der Waals surface area contributed by atoms with E-state index in [1.165, 1.54) is 0 Å². The molecule has 9 nitrogen and oxygen atoms in total. The van der Waals surface area contributed by atoms with Gasteiger partial charge in [0.25, 0.3) is 5.91 Å². The number of ether oxygens (including phenoxy) is 1. The van der Waals surface area contributed by atoms with Crippen molar-refractivity contribution in [3.8, 4) is 11.1 Å². The lowest BCUT2D eigenvalue weighted by molar-refractivity contribution is 0.102. The van der Waals surface area contributed by atoms with E-state index in [-0.39, 0.29) is 17.6 Å². The molecule has 0 bridgehead atoms. The number of fused-ring (bicyclic) bond motifs is 1. The molecule has 1 aliphatic rings. The van der Waals surface area contributed by atoms with Crippen LogP contribution in [0.25, 0.3) is 22.3 Å². The zero-order valence-corrected chi connectivity index (χ0v) is 20.7. The maximum Gasteiger partial charge on any atom is 0.327 e. The molecule has 2 N–H and O–H groups in total. The Kier molecular flexibility index (Phi) is 6.56. The van der Waals surface area contributed by atoms with Gasteiger partial charge in [0.15, 0.2) is 5.65 Å². The van der Waals surface area contributed by atoms with E-state index in [0.29, 0.717) is 35.6 Å². The number of carbonyl (C=O) groups is 1. The van der Waals surface area contributed by atoms with Crippen molar-refractivity contribution in [3.63, 3.8) is 0 Å². The van der Waals surface area contributed by atoms with Crippen molar-refractivity contribution in [2.24, 2.45) is 0 Å². The molecule has 9 heteroatoms. The largest absolute Gasteiger partial charge is 0.378 e. The highest BCUT2D eigenvalue weighted by Crippen LogP contribution is 2.31. The predicted molar refractivity (Wildman–Crippen MR) is 141 cm³/mol. The van der Waals surface area contributed by atoms with Crippen molar-refractivity contribution < 1.29 is 9.53 Å². The Morgan fingerprint density at radius 2 is 1.89 bits per heavy atom. The topological polar surface area (TPSA) is 105 Å². The number of pyridine rings is 2. The molecule has 36 heavy (non-hydrogen) atoms. The van der Waals surface area contributed by atoms with Crippen molar-refractivity contribution in [1.29, 1.82) is 0 Å². The van der Waals surface area contributed by atoms with Gasteiger partial charge in [0.2, 0.25) is 0 Å². The molecule has 5 rings (SSSR count). The highest BCUT2D eigenvalue weighted by molar-refractivity contribution is 6.05. The Hall–Kier alpha value is -3.98. The monoisotopic (exact) mass is 486 g/mol. The van der Waals surface area contributed by atoms with Crippen molar-refractivity contribution in [2.75, 3.05) is 36.5 Å². The number of aromatic nitrogens is 4. The number of imidazole rings is 1. The summed E-state index contributed by atoms with van der Waals surface area (Å²) in [5.41, 5.74) is 5.17. The second-order valence-corrected chi connectivity index (χ2v) is 9.10. The van der Waals surface area contributed by atoms with E-state index >= 15 is 0 Å².